The predicted octanol–water partition coefficient (Wildman–Crippen LogP) is 2.53. The quantitative estimate of drug-likeness (QED) is 0.865. The zero-order chi connectivity index (χ0) is 18.6. The monoisotopic (exact) mass is 371 g/mol. The van der Waals surface area contributed by atoms with E-state index in [-0.39, 0.29) is 6.10 Å². The summed E-state index contributed by atoms with van der Waals surface area (Å²) in [5.41, 5.74) is 0. The number of nitrogens with one attached hydrogen (secondary N) is 1. The van der Waals surface area contributed by atoms with Crippen molar-refractivity contribution in [2.24, 2.45) is 5.92 Å². The molecule has 0 aromatic carbocycles. The molecule has 0 saturated carbocycles. The van der Waals surface area contributed by atoms with Crippen molar-refractivity contribution in [3.05, 3.63) is 25.0 Å². The second-order valence-corrected chi connectivity index (χ2v) is 7.85. The molecule has 2 aromatic rings. The van der Waals surface area contributed by atoms with E-state index >= 15 is 0 Å². The molecule has 2 aliphatic rings. The third-order valence-electron chi connectivity index (χ3n) is 5.54. The Hall–Kier alpha value is -2.22. The zero-order valence-corrected chi connectivity index (χ0v) is 16.2. The van der Waals surface area contributed by atoms with Gasteiger partial charge in [0.15, 0.2) is 0 Å². The second kappa shape index (κ2) is 8.21. The molecule has 0 bridgehead atoms. The molecule has 2 aliphatic heterocycles. The minimum absolute atomic E-state index is 0.226. The number of nitrogens with zero attached hydrogens (tertiary/aromatic N) is 6. The lowest BCUT2D eigenvalue weighted by Crippen LogP contribution is -2.43. The summed E-state index contributed by atoms with van der Waals surface area (Å²) in [6.07, 6.45) is 9.72. The van der Waals surface area contributed by atoms with Crippen LogP contribution in [0.15, 0.2) is 25.0 Å². The molecule has 0 radical (unpaired) electrons. The highest BCUT2D eigenvalue weighted by Crippen LogP contribution is 2.27. The largest absolute Gasteiger partial charge is 0.376 e. The van der Waals surface area contributed by atoms with Crippen molar-refractivity contribution in [1.82, 2.24) is 24.7 Å². The topological polar surface area (TPSA) is 81.0 Å². The van der Waals surface area contributed by atoms with Crippen molar-refractivity contribution in [3.8, 4) is 0 Å². The lowest BCUT2D eigenvalue weighted by molar-refractivity contribution is -0.0203. The summed E-state index contributed by atoms with van der Waals surface area (Å²) in [6, 6.07) is 2.70. The van der Waals surface area contributed by atoms with E-state index in [2.05, 4.69) is 50.2 Å². The normalized spacial score (nSPS) is 26.3. The summed E-state index contributed by atoms with van der Waals surface area (Å²) < 4.78 is 7.95. The van der Waals surface area contributed by atoms with E-state index in [1.807, 2.05) is 4.68 Å². The maximum Gasteiger partial charge on any atom is 0.137 e. The molecule has 146 valence electrons. The minimum Gasteiger partial charge on any atom is -0.376 e. The zero-order valence-electron chi connectivity index (χ0n) is 16.2. The van der Waals surface area contributed by atoms with Gasteiger partial charge in [0, 0.05) is 25.8 Å². The van der Waals surface area contributed by atoms with Crippen molar-refractivity contribution in [2.45, 2.75) is 57.7 Å². The molecule has 27 heavy (non-hydrogen) atoms. The van der Waals surface area contributed by atoms with Crippen LogP contribution in [0.4, 0.5) is 11.6 Å². The Kier molecular flexibility index (Phi) is 5.52. The molecular weight excluding hydrogens is 342 g/mol. The number of ether oxygens (including phenoxy) is 1. The van der Waals surface area contributed by atoms with Gasteiger partial charge in [0.2, 0.25) is 0 Å². The van der Waals surface area contributed by atoms with E-state index in [9.17, 15) is 0 Å². The van der Waals surface area contributed by atoms with Gasteiger partial charge in [-0.15, -0.1) is 0 Å². The maximum atomic E-state index is 5.99. The Bertz CT molecular complexity index is 721. The molecule has 4 heterocycles. The average molecular weight is 371 g/mol. The minimum atomic E-state index is 0.226. The van der Waals surface area contributed by atoms with Crippen LogP contribution in [0.25, 0.3) is 0 Å². The number of hydrogen-bond acceptors (Lipinski definition) is 7. The molecular formula is C19H29N7O. The van der Waals surface area contributed by atoms with Crippen LogP contribution in [0.5, 0.6) is 0 Å². The smallest absolute Gasteiger partial charge is 0.137 e. The van der Waals surface area contributed by atoms with E-state index < -0.39 is 0 Å². The summed E-state index contributed by atoms with van der Waals surface area (Å²) >= 11 is 0. The van der Waals surface area contributed by atoms with Crippen LogP contribution in [0, 0.1) is 5.92 Å². The first-order valence-corrected chi connectivity index (χ1v) is 10.00. The van der Waals surface area contributed by atoms with Crippen molar-refractivity contribution in [3.63, 3.8) is 0 Å². The highest BCUT2D eigenvalue weighted by Gasteiger charge is 2.29. The summed E-state index contributed by atoms with van der Waals surface area (Å²) in [5.74, 6) is 2.33. The van der Waals surface area contributed by atoms with Gasteiger partial charge in [-0.25, -0.2) is 19.6 Å². The van der Waals surface area contributed by atoms with Gasteiger partial charge in [0.25, 0.3) is 0 Å². The molecule has 0 unspecified atom stereocenters. The van der Waals surface area contributed by atoms with E-state index in [4.69, 9.17) is 4.74 Å². The predicted molar refractivity (Wildman–Crippen MR) is 104 cm³/mol. The average Bonchev–Trinajstić information content (AvgIpc) is 3.23. The molecule has 4 rings (SSSR count). The summed E-state index contributed by atoms with van der Waals surface area (Å²) in [6.45, 7) is 7.18. The fourth-order valence-electron chi connectivity index (χ4n) is 4.19. The van der Waals surface area contributed by atoms with Gasteiger partial charge in [0.05, 0.1) is 18.2 Å². The lowest BCUT2D eigenvalue weighted by Gasteiger charge is -2.36. The van der Waals surface area contributed by atoms with Crippen molar-refractivity contribution >= 4 is 11.6 Å². The van der Waals surface area contributed by atoms with Gasteiger partial charge in [-0.1, -0.05) is 13.8 Å². The molecule has 2 fully saturated rings. The molecule has 8 nitrogen and oxygen atoms in total. The molecule has 0 spiro atoms. The molecule has 8 heteroatoms. The van der Waals surface area contributed by atoms with Crippen LogP contribution in [0.2, 0.25) is 0 Å². The second-order valence-electron chi connectivity index (χ2n) is 7.85. The standard InChI is InChI=1S/C19H29N7O/c1-14(2)19-16(6-4-8-27-19)24-17-9-18(22-12-21-17)25-7-3-5-15(10-25)26-13-20-11-23-26/h9,11-16,19H,3-8,10H2,1-2H3,(H,21,22,24)/t15-,16-,19-/m0/s1. The molecule has 3 atom stereocenters. The van der Waals surface area contributed by atoms with Crippen LogP contribution >= 0.6 is 0 Å². The summed E-state index contributed by atoms with van der Waals surface area (Å²) in [7, 11) is 0. The Morgan fingerprint density at radius 3 is 2.93 bits per heavy atom. The number of piperidine rings is 1. The van der Waals surface area contributed by atoms with E-state index in [0.29, 0.717) is 18.0 Å². The Balaban J connectivity index is 1.45. The van der Waals surface area contributed by atoms with Crippen LogP contribution in [0.1, 0.15) is 45.6 Å². The number of anilines is 2. The Morgan fingerprint density at radius 2 is 2.11 bits per heavy atom. The summed E-state index contributed by atoms with van der Waals surface area (Å²) in [4.78, 5) is 15.4. The molecule has 2 saturated heterocycles. The fraction of sp³-hybridized carbons (Fsp3) is 0.684. The van der Waals surface area contributed by atoms with Crippen molar-refractivity contribution < 1.29 is 4.74 Å². The molecule has 1 N–H and O–H groups in total. The highest BCUT2D eigenvalue weighted by atomic mass is 16.5. The molecule has 0 amide bonds. The fourth-order valence-corrected chi connectivity index (χ4v) is 4.19. The highest BCUT2D eigenvalue weighted by molar-refractivity contribution is 5.49. The van der Waals surface area contributed by atoms with Gasteiger partial charge in [-0.05, 0) is 31.6 Å². The number of hydrogen-bond donors (Lipinski definition) is 1. The Morgan fingerprint density at radius 1 is 1.19 bits per heavy atom. The van der Waals surface area contributed by atoms with Crippen molar-refractivity contribution in [1.29, 1.82) is 0 Å². The van der Waals surface area contributed by atoms with Gasteiger partial charge >= 0.3 is 0 Å². The number of aromatic nitrogens is 5. The third-order valence-corrected chi connectivity index (χ3v) is 5.54. The maximum absolute atomic E-state index is 5.99. The van der Waals surface area contributed by atoms with E-state index in [1.165, 1.54) is 0 Å². The van der Waals surface area contributed by atoms with Crippen LogP contribution in [-0.4, -0.2) is 56.6 Å². The van der Waals surface area contributed by atoms with Gasteiger partial charge in [-0.2, -0.15) is 5.10 Å². The first-order chi connectivity index (χ1) is 13.2. The van der Waals surface area contributed by atoms with Crippen LogP contribution in [-0.2, 0) is 4.74 Å². The summed E-state index contributed by atoms with van der Waals surface area (Å²) in [5, 5.41) is 7.91. The van der Waals surface area contributed by atoms with E-state index in [0.717, 1.165) is 57.0 Å². The third kappa shape index (κ3) is 4.21. The van der Waals surface area contributed by atoms with Crippen LogP contribution in [0.3, 0.4) is 0 Å². The molecule has 0 aliphatic carbocycles. The first kappa shape index (κ1) is 18.2. The van der Waals surface area contributed by atoms with Gasteiger partial charge in [-0.3, -0.25) is 0 Å². The molecule has 2 aromatic heterocycles. The van der Waals surface area contributed by atoms with Gasteiger partial charge in [0.1, 0.15) is 30.6 Å². The lowest BCUT2D eigenvalue weighted by atomic mass is 9.93. The first-order valence-electron chi connectivity index (χ1n) is 10.00. The van der Waals surface area contributed by atoms with Crippen molar-refractivity contribution in [2.75, 3.05) is 29.9 Å². The Labute approximate surface area is 160 Å². The van der Waals surface area contributed by atoms with Crippen LogP contribution < -0.4 is 10.2 Å². The van der Waals surface area contributed by atoms with Gasteiger partial charge < -0.3 is 15.0 Å². The van der Waals surface area contributed by atoms with E-state index in [1.54, 1.807) is 19.0 Å². The SMILES string of the molecule is CC(C)[C@@H]1OCCC[C@@H]1Nc1cc(N2CCC[C@H](n3cncn3)C2)ncn1. The number of rotatable bonds is 5.